The van der Waals surface area contributed by atoms with Crippen molar-refractivity contribution in [2.24, 2.45) is 0 Å². The van der Waals surface area contributed by atoms with E-state index in [4.69, 9.17) is 0 Å². The molecule has 0 aliphatic rings. The van der Waals surface area contributed by atoms with Crippen LogP contribution in [0.15, 0.2) is 23.0 Å². The number of hydrogen-bond donors (Lipinski definition) is 1. The predicted molar refractivity (Wildman–Crippen MR) is 76.7 cm³/mol. The highest BCUT2D eigenvalue weighted by atomic mass is 19.4. The topological polar surface area (TPSA) is 80.4 Å². The van der Waals surface area contributed by atoms with Crippen LogP contribution in [0.3, 0.4) is 0 Å². The molecule has 23 heavy (non-hydrogen) atoms. The SMILES string of the molecule is Cc1cc2[nH]c3c([N+](=O)[O-])c(C(F)(F)F)cc(=O)n3c2cc1C. The third-order valence-corrected chi connectivity index (χ3v) is 3.79. The van der Waals surface area contributed by atoms with Gasteiger partial charge in [0.1, 0.15) is 5.56 Å². The van der Waals surface area contributed by atoms with Gasteiger partial charge in [0, 0.05) is 6.07 Å². The molecule has 0 spiro atoms. The summed E-state index contributed by atoms with van der Waals surface area (Å²) in [4.78, 5) is 24.7. The largest absolute Gasteiger partial charge is 0.423 e. The van der Waals surface area contributed by atoms with Gasteiger partial charge in [-0.3, -0.25) is 19.3 Å². The summed E-state index contributed by atoms with van der Waals surface area (Å²) < 4.78 is 40.0. The Morgan fingerprint density at radius 2 is 1.78 bits per heavy atom. The fourth-order valence-electron chi connectivity index (χ4n) is 2.57. The van der Waals surface area contributed by atoms with Crippen molar-refractivity contribution in [2.75, 3.05) is 0 Å². The summed E-state index contributed by atoms with van der Waals surface area (Å²) in [6, 6.07) is 3.49. The molecular weight excluding hydrogens is 315 g/mol. The van der Waals surface area contributed by atoms with Crippen LogP contribution in [-0.4, -0.2) is 14.3 Å². The van der Waals surface area contributed by atoms with Gasteiger partial charge < -0.3 is 4.98 Å². The van der Waals surface area contributed by atoms with Crippen molar-refractivity contribution in [3.05, 3.63) is 55.4 Å². The van der Waals surface area contributed by atoms with Crippen molar-refractivity contribution in [1.29, 1.82) is 0 Å². The van der Waals surface area contributed by atoms with Crippen LogP contribution in [-0.2, 0) is 6.18 Å². The van der Waals surface area contributed by atoms with E-state index in [1.807, 2.05) is 0 Å². The first-order valence-electron chi connectivity index (χ1n) is 6.51. The van der Waals surface area contributed by atoms with Gasteiger partial charge in [-0.1, -0.05) is 0 Å². The average molecular weight is 325 g/mol. The van der Waals surface area contributed by atoms with Crippen molar-refractivity contribution >= 4 is 22.4 Å². The molecule has 0 radical (unpaired) electrons. The molecule has 0 saturated heterocycles. The van der Waals surface area contributed by atoms with Crippen molar-refractivity contribution in [1.82, 2.24) is 9.38 Å². The quantitative estimate of drug-likeness (QED) is 0.550. The molecule has 2 aromatic heterocycles. The number of benzene rings is 1. The molecule has 0 unspecified atom stereocenters. The highest BCUT2D eigenvalue weighted by Gasteiger charge is 2.41. The van der Waals surface area contributed by atoms with Gasteiger partial charge in [0.25, 0.3) is 5.56 Å². The minimum Gasteiger partial charge on any atom is -0.334 e. The van der Waals surface area contributed by atoms with Gasteiger partial charge in [-0.2, -0.15) is 13.2 Å². The van der Waals surface area contributed by atoms with Crippen LogP contribution in [0.25, 0.3) is 16.7 Å². The normalized spacial score (nSPS) is 12.2. The van der Waals surface area contributed by atoms with E-state index in [-0.39, 0.29) is 6.07 Å². The summed E-state index contributed by atoms with van der Waals surface area (Å²) >= 11 is 0. The molecule has 0 atom stereocenters. The average Bonchev–Trinajstić information content (AvgIpc) is 2.76. The van der Waals surface area contributed by atoms with Crippen molar-refractivity contribution in [3.63, 3.8) is 0 Å². The number of H-pyrrole nitrogens is 1. The van der Waals surface area contributed by atoms with Crippen LogP contribution in [0, 0.1) is 24.0 Å². The zero-order valence-corrected chi connectivity index (χ0v) is 12.0. The molecule has 120 valence electrons. The number of alkyl halides is 3. The Morgan fingerprint density at radius 1 is 1.17 bits per heavy atom. The minimum absolute atomic E-state index is 0.258. The van der Waals surface area contributed by atoms with Gasteiger partial charge in [0.15, 0.2) is 5.65 Å². The zero-order valence-electron chi connectivity index (χ0n) is 12.0. The fraction of sp³-hybridized carbons (Fsp3) is 0.214. The van der Waals surface area contributed by atoms with Gasteiger partial charge in [0.2, 0.25) is 0 Å². The second kappa shape index (κ2) is 4.58. The Morgan fingerprint density at radius 3 is 2.35 bits per heavy atom. The second-order valence-corrected chi connectivity index (χ2v) is 5.26. The summed E-state index contributed by atoms with van der Waals surface area (Å²) in [5.41, 5.74) is -1.88. The highest BCUT2D eigenvalue weighted by molar-refractivity contribution is 5.85. The molecule has 1 N–H and O–H groups in total. The third kappa shape index (κ3) is 2.16. The number of nitro groups is 1. The number of rotatable bonds is 1. The number of pyridine rings is 1. The monoisotopic (exact) mass is 325 g/mol. The molecule has 0 saturated carbocycles. The summed E-state index contributed by atoms with van der Waals surface area (Å²) in [6.07, 6.45) is -5.00. The van der Waals surface area contributed by atoms with Gasteiger partial charge >= 0.3 is 11.9 Å². The smallest absolute Gasteiger partial charge is 0.334 e. The Bertz CT molecular complexity index is 1030. The molecule has 0 aliphatic carbocycles. The summed E-state index contributed by atoms with van der Waals surface area (Å²) in [6.45, 7) is 3.57. The van der Waals surface area contributed by atoms with E-state index in [1.54, 1.807) is 26.0 Å². The first-order chi connectivity index (χ1) is 10.6. The van der Waals surface area contributed by atoms with E-state index in [9.17, 15) is 28.1 Å². The van der Waals surface area contributed by atoms with Crippen LogP contribution in [0.2, 0.25) is 0 Å². The third-order valence-electron chi connectivity index (χ3n) is 3.79. The van der Waals surface area contributed by atoms with E-state index in [2.05, 4.69) is 4.98 Å². The molecule has 0 amide bonds. The number of aryl methyl sites for hydroxylation is 2. The highest BCUT2D eigenvalue weighted by Crippen LogP contribution is 2.37. The van der Waals surface area contributed by atoms with Crippen LogP contribution in [0.4, 0.5) is 18.9 Å². The predicted octanol–water partition coefficient (Wildman–Crippen LogP) is 3.32. The van der Waals surface area contributed by atoms with E-state index >= 15 is 0 Å². The van der Waals surface area contributed by atoms with E-state index in [0.717, 1.165) is 15.5 Å². The zero-order chi connectivity index (χ0) is 17.1. The summed E-state index contributed by atoms with van der Waals surface area (Å²) in [5.74, 6) is 0. The first kappa shape index (κ1) is 15.1. The number of imidazole rings is 1. The molecule has 3 aromatic rings. The molecule has 2 heterocycles. The number of nitrogens with one attached hydrogen (secondary N) is 1. The fourth-order valence-corrected chi connectivity index (χ4v) is 2.57. The minimum atomic E-state index is -5.00. The summed E-state index contributed by atoms with van der Waals surface area (Å²) in [5, 5.41) is 11.2. The standard InChI is InChI=1S/C14H10F3N3O3/c1-6-3-9-10(4-7(6)2)19-11(21)5-8(14(15,16)17)12(20(22)23)13(19)18-9/h3-5,18H,1-2H3. The van der Waals surface area contributed by atoms with E-state index in [0.29, 0.717) is 11.0 Å². The van der Waals surface area contributed by atoms with Crippen LogP contribution < -0.4 is 5.56 Å². The molecule has 1 aromatic carbocycles. The number of halogens is 3. The van der Waals surface area contributed by atoms with Crippen molar-refractivity contribution < 1.29 is 18.1 Å². The number of aromatic amines is 1. The second-order valence-electron chi connectivity index (χ2n) is 5.26. The lowest BCUT2D eigenvalue weighted by molar-refractivity contribution is -0.386. The maximum Gasteiger partial charge on any atom is 0.423 e. The Hall–Kier alpha value is -2.84. The van der Waals surface area contributed by atoms with Crippen LogP contribution in [0.5, 0.6) is 0 Å². The molecule has 6 nitrogen and oxygen atoms in total. The summed E-state index contributed by atoms with van der Waals surface area (Å²) in [7, 11) is 0. The van der Waals surface area contributed by atoms with E-state index < -0.39 is 33.6 Å². The van der Waals surface area contributed by atoms with Gasteiger partial charge in [-0.25, -0.2) is 0 Å². The van der Waals surface area contributed by atoms with Crippen LogP contribution in [0.1, 0.15) is 16.7 Å². The Balaban J connectivity index is 2.60. The van der Waals surface area contributed by atoms with Crippen molar-refractivity contribution in [3.8, 4) is 0 Å². The van der Waals surface area contributed by atoms with E-state index in [1.165, 1.54) is 0 Å². The lowest BCUT2D eigenvalue weighted by Gasteiger charge is -2.07. The van der Waals surface area contributed by atoms with Gasteiger partial charge in [-0.15, -0.1) is 0 Å². The van der Waals surface area contributed by atoms with Gasteiger partial charge in [-0.05, 0) is 37.1 Å². The molecule has 3 rings (SSSR count). The Kier molecular flexibility index (Phi) is 3.00. The van der Waals surface area contributed by atoms with Crippen LogP contribution >= 0.6 is 0 Å². The maximum absolute atomic E-state index is 13.0. The first-order valence-corrected chi connectivity index (χ1v) is 6.51. The Labute approximate surface area is 126 Å². The lowest BCUT2D eigenvalue weighted by Crippen LogP contribution is -2.19. The molecule has 0 aliphatic heterocycles. The molecular formula is C14H10F3N3O3. The number of aromatic nitrogens is 2. The number of hydrogen-bond acceptors (Lipinski definition) is 3. The molecule has 0 bridgehead atoms. The molecule has 9 heteroatoms. The molecule has 0 fully saturated rings. The van der Waals surface area contributed by atoms with Gasteiger partial charge in [0.05, 0.1) is 16.0 Å². The maximum atomic E-state index is 13.0. The number of nitrogens with zero attached hydrogens (tertiary/aromatic N) is 2. The number of fused-ring (bicyclic) bond motifs is 3. The van der Waals surface area contributed by atoms with Crippen molar-refractivity contribution in [2.45, 2.75) is 20.0 Å². The lowest BCUT2D eigenvalue weighted by atomic mass is 10.1.